The van der Waals surface area contributed by atoms with Crippen LogP contribution in [0.25, 0.3) is 0 Å². The minimum absolute atomic E-state index is 0.516. The summed E-state index contributed by atoms with van der Waals surface area (Å²) < 4.78 is 0. The molecular formula is C144H218. The van der Waals surface area contributed by atoms with Gasteiger partial charge in [0.25, 0.3) is 0 Å². The smallest absolute Gasteiger partial charge is 0.00952 e. The zero-order valence-electron chi connectivity index (χ0n) is 99.9. The second kappa shape index (κ2) is 33.2. The zero-order chi connectivity index (χ0) is 103. The Kier molecular flexibility index (Phi) is 23.7. The molecule has 0 amide bonds. The first-order chi connectivity index (χ1) is 67.3. The van der Waals surface area contributed by atoms with Gasteiger partial charge in [-0.15, -0.1) is 0 Å². The highest BCUT2D eigenvalue weighted by atomic mass is 14.9. The lowest BCUT2D eigenvalue weighted by atomic mass is 9.50. The Balaban J connectivity index is 0.0000000884. The molecule has 57 unspecified atom stereocenters. The molecular weight excluding hydrogens is 1730 g/mol. The van der Waals surface area contributed by atoms with Gasteiger partial charge in [0.15, 0.2) is 0 Å². The SMILES string of the molecule is CC1(C)C2C=CC1C1CC=CCC12.CC1(C)C2C=CC1C1CCC=CC12.CC1(C)C2C=CC1C1CCCC12.CC1(C)C2C=CC1C1CCCCC12.CC1=C(C)C2C(C1C)C1C=CC2C1(C)C.CC1C(C)C2C3C(C1C2(C)C)C1C2C(C4C=CC2C4(C)C)C3C1(C)C.CC1C(C)C2C3C(C4C=CC3C4(C)C)C1C2(C)C.CC1C(C)C2C=CC1C2(C)C.CC1C2C(C(C)C3C1C1C(C)C(C)C3C1(C)C)C1C=CC2C1(C)C. The molecule has 0 N–H and O–H groups in total. The van der Waals surface area contributed by atoms with E-state index < -0.39 is 0 Å². The summed E-state index contributed by atoms with van der Waals surface area (Å²) in [5, 5.41) is 0. The Bertz CT molecular complexity index is 5110. The van der Waals surface area contributed by atoms with Gasteiger partial charge in [-0.25, -0.2) is 0 Å². The Morgan fingerprint density at radius 1 is 0.174 bits per heavy atom. The van der Waals surface area contributed by atoms with Crippen molar-refractivity contribution in [2.45, 2.75) is 341 Å². The molecule has 32 rings (SSSR count). The lowest BCUT2D eigenvalue weighted by molar-refractivity contribution is -0.0650. The van der Waals surface area contributed by atoms with Crippen molar-refractivity contribution in [1.29, 1.82) is 0 Å². The molecule has 794 valence electrons. The molecule has 32 aliphatic carbocycles. The van der Waals surface area contributed by atoms with Gasteiger partial charge >= 0.3 is 0 Å². The topological polar surface area (TPSA) is 0 Å². The highest BCUT2D eigenvalue weighted by molar-refractivity contribution is 5.40. The summed E-state index contributed by atoms with van der Waals surface area (Å²) in [5.74, 6) is 53.4. The molecule has 20 saturated carbocycles. The molecule has 0 heterocycles. The third kappa shape index (κ3) is 13.1. The van der Waals surface area contributed by atoms with Crippen LogP contribution in [0.15, 0.2) is 145 Å². The van der Waals surface area contributed by atoms with Gasteiger partial charge in [0.05, 0.1) is 0 Å². The average Bonchev–Trinajstić information content (AvgIpc) is 1.45. The summed E-state index contributed by atoms with van der Waals surface area (Å²) in [6, 6.07) is 0. The molecule has 144 heavy (non-hydrogen) atoms. The Morgan fingerprint density at radius 3 is 0.750 bits per heavy atom. The second-order valence-electron chi connectivity index (χ2n) is 67.8. The van der Waals surface area contributed by atoms with Gasteiger partial charge in [-0.1, -0.05) is 420 Å². The van der Waals surface area contributed by atoms with Gasteiger partial charge in [0.1, 0.15) is 0 Å². The third-order valence-corrected chi connectivity index (χ3v) is 60.0. The molecule has 0 aliphatic heterocycles. The molecule has 57 atom stereocenters. The summed E-state index contributed by atoms with van der Waals surface area (Å²) >= 11 is 0. The molecule has 0 aromatic rings. The molecule has 0 radical (unpaired) electrons. The van der Waals surface area contributed by atoms with Crippen molar-refractivity contribution in [2.75, 3.05) is 0 Å². The lowest BCUT2D eigenvalue weighted by Gasteiger charge is -2.55. The predicted octanol–water partition coefficient (Wildman–Crippen LogP) is 37.7. The van der Waals surface area contributed by atoms with Crippen molar-refractivity contribution in [3.05, 3.63) is 145 Å². The molecule has 32 aliphatic rings. The van der Waals surface area contributed by atoms with Crippen molar-refractivity contribution in [2.24, 2.45) is 408 Å². The quantitative estimate of drug-likeness (QED) is 0.168. The van der Waals surface area contributed by atoms with Crippen molar-refractivity contribution in [3.8, 4) is 0 Å². The number of rotatable bonds is 0. The Morgan fingerprint density at radius 2 is 0.417 bits per heavy atom. The van der Waals surface area contributed by atoms with Gasteiger partial charge < -0.3 is 0 Å². The van der Waals surface area contributed by atoms with Crippen LogP contribution in [0.4, 0.5) is 0 Å². The molecule has 26 bridgehead atoms. The Hall–Kier alpha value is -3.12. The number of hydrogen-bond donors (Lipinski definition) is 0. The summed E-state index contributed by atoms with van der Waals surface area (Å²) in [7, 11) is 0. The van der Waals surface area contributed by atoms with Gasteiger partial charge in [0, 0.05) is 0 Å². The van der Waals surface area contributed by atoms with E-state index in [1.807, 2.05) is 0 Å². The van der Waals surface area contributed by atoms with Crippen LogP contribution in [0.2, 0.25) is 0 Å². The minimum atomic E-state index is 0.516. The zero-order valence-corrected chi connectivity index (χ0v) is 99.9. The standard InChI is InChI=1S/C25H38.C24H38.C18H28.C15H22.C13H20.2C13H18.C12H18.C11H18/c1-11-12(2)20-18-17(19(11)24(20,5)6)21-15-13-9-10-14(23(13,3)4)16(15)22(18)25(21,7)8;1-11-12(2)22-20-14(4)18-16-10-9-15(23(16,5)6)17(18)13(3)19(20)21(11)24(22,7)8;1-9-10(2)16-14-12-8-7-11(17(12,3)4)13(14)15(9)18(16,5)6;1-8-9(2)13-11-6-7-12(15(11,4)5)14(13)10(8)3;3*1-13(2)11-7-8-12(13)10-6-4-3-5-9(10)11;1-12(2)10-6-7-11(12)9-5-3-4-8(9)10;1-7-8(2)10-6-5-9(7)11(10,3)4/h9-22H,1-8H3;9-22H,1-8H3;7-16H,1-6H3;6-7,9,11-14H,1-5H3;7-12H,3-6H2,1-2H3;3,5,7-12H,4,6H2,1-2H3;3-4,7-12H,5-6H2,1-2H3;6-11H,3-5H2,1-2H3;5-10H,1-4H3. The fourth-order valence-corrected chi connectivity index (χ4v) is 54.2. The van der Waals surface area contributed by atoms with Crippen LogP contribution in [0.1, 0.15) is 341 Å². The van der Waals surface area contributed by atoms with E-state index in [9.17, 15) is 0 Å². The normalized spacial score (nSPS) is 57.0. The van der Waals surface area contributed by atoms with Crippen LogP contribution in [0, 0.1) is 408 Å². The van der Waals surface area contributed by atoms with E-state index in [0.717, 1.165) is 337 Å². The molecule has 20 fully saturated rings. The van der Waals surface area contributed by atoms with Crippen LogP contribution < -0.4 is 0 Å². The van der Waals surface area contributed by atoms with E-state index >= 15 is 0 Å². The van der Waals surface area contributed by atoms with Crippen molar-refractivity contribution in [1.82, 2.24) is 0 Å². The summed E-state index contributed by atoms with van der Waals surface area (Å²) in [5.41, 5.74) is 10.7. The monoisotopic (exact) mass is 1950 g/mol. The molecule has 0 aromatic carbocycles. The minimum Gasteiger partial charge on any atom is -0.0882 e. The van der Waals surface area contributed by atoms with Gasteiger partial charge in [-0.05, 0) is 473 Å². The van der Waals surface area contributed by atoms with Crippen molar-refractivity contribution < 1.29 is 0 Å². The molecule has 0 heteroatoms. The lowest BCUT2D eigenvalue weighted by Crippen LogP contribution is -2.50. The van der Waals surface area contributed by atoms with Crippen molar-refractivity contribution in [3.63, 3.8) is 0 Å². The van der Waals surface area contributed by atoms with Crippen LogP contribution in [0.3, 0.4) is 0 Å². The van der Waals surface area contributed by atoms with Crippen LogP contribution in [-0.4, -0.2) is 0 Å². The molecule has 0 spiro atoms. The highest BCUT2D eigenvalue weighted by Crippen LogP contribution is 2.88. The summed E-state index contributed by atoms with van der Waals surface area (Å²) in [6.45, 7) is 98.8. The largest absolute Gasteiger partial charge is 0.0882 e. The van der Waals surface area contributed by atoms with E-state index in [-0.39, 0.29) is 0 Å². The van der Waals surface area contributed by atoms with E-state index in [1.54, 1.807) is 11.1 Å². The van der Waals surface area contributed by atoms with E-state index in [0.29, 0.717) is 70.4 Å². The molecule has 0 aromatic heterocycles. The Labute approximate surface area is 887 Å². The first-order valence-corrected chi connectivity index (χ1v) is 63.4. The number of allylic oxidation sites excluding steroid dienone is 24. The first kappa shape index (κ1) is 103. The summed E-state index contributed by atoms with van der Waals surface area (Å²) in [6.07, 6.45) is 71.3. The van der Waals surface area contributed by atoms with E-state index in [4.69, 9.17) is 0 Å². The summed E-state index contributed by atoms with van der Waals surface area (Å²) in [4.78, 5) is 0. The second-order valence-corrected chi connectivity index (χ2v) is 67.8. The van der Waals surface area contributed by atoms with Gasteiger partial charge in [0.2, 0.25) is 0 Å². The van der Waals surface area contributed by atoms with Crippen molar-refractivity contribution >= 4 is 0 Å². The molecule has 0 nitrogen and oxygen atoms in total. The maximum absolute atomic E-state index is 2.69. The van der Waals surface area contributed by atoms with Crippen LogP contribution in [-0.2, 0) is 0 Å². The fraction of sp³-hybridized carbons (Fsp3) is 0.833. The maximum Gasteiger partial charge on any atom is -0.00952 e. The third-order valence-electron chi connectivity index (χ3n) is 60.0. The van der Waals surface area contributed by atoms with Crippen LogP contribution in [0.5, 0.6) is 0 Å². The fourth-order valence-electron chi connectivity index (χ4n) is 54.2. The molecule has 0 saturated heterocycles. The van der Waals surface area contributed by atoms with E-state index in [2.05, 4.69) is 404 Å². The van der Waals surface area contributed by atoms with Crippen LogP contribution >= 0.6 is 0 Å². The van der Waals surface area contributed by atoms with Gasteiger partial charge in [-0.2, -0.15) is 0 Å². The predicted molar refractivity (Wildman–Crippen MR) is 610 cm³/mol. The number of fused-ring (bicyclic) bond motifs is 62. The first-order valence-electron chi connectivity index (χ1n) is 63.4. The average molecular weight is 1950 g/mol. The van der Waals surface area contributed by atoms with Gasteiger partial charge in [-0.3, -0.25) is 0 Å². The maximum atomic E-state index is 2.69. The van der Waals surface area contributed by atoms with E-state index in [1.165, 1.54) is 70.6 Å². The highest BCUT2D eigenvalue weighted by Gasteiger charge is 2.84. The number of hydrogen-bond acceptors (Lipinski definition) is 0.